The van der Waals surface area contributed by atoms with E-state index in [-0.39, 0.29) is 23.9 Å². The molecule has 0 aliphatic heterocycles. The molecule has 1 aromatic carbocycles. The number of hydrogen-bond acceptors (Lipinski definition) is 4. The Morgan fingerprint density at radius 3 is 2.48 bits per heavy atom. The summed E-state index contributed by atoms with van der Waals surface area (Å²) in [6.45, 7) is 2.26. The van der Waals surface area contributed by atoms with Crippen molar-refractivity contribution in [3.8, 4) is 11.8 Å². The van der Waals surface area contributed by atoms with Crippen LogP contribution in [0.15, 0.2) is 29.2 Å². The number of likely N-dealkylation sites (N-methyl/N-ethyl adjacent to an activating group) is 2. The highest BCUT2D eigenvalue weighted by atomic mass is 32.2. The van der Waals surface area contributed by atoms with Crippen molar-refractivity contribution in [3.63, 3.8) is 0 Å². The Labute approximate surface area is 125 Å². The fraction of sp³-hybridized carbons (Fsp3) is 0.357. The van der Waals surface area contributed by atoms with Crippen molar-refractivity contribution in [3.05, 3.63) is 29.8 Å². The lowest BCUT2D eigenvalue weighted by molar-refractivity contribution is -0.121. The molecular formula is C14H19N3O3S. The SMILES string of the molecule is CCNC(=O)CN(C)S(=O)(=O)c1ccc(C#CCN)cc1. The van der Waals surface area contributed by atoms with Gasteiger partial charge in [-0.2, -0.15) is 4.31 Å². The number of hydrogen-bond donors (Lipinski definition) is 2. The average molecular weight is 309 g/mol. The van der Waals surface area contributed by atoms with Crippen LogP contribution in [0.1, 0.15) is 12.5 Å². The summed E-state index contributed by atoms with van der Waals surface area (Å²) in [6, 6.07) is 6.14. The molecule has 0 aromatic heterocycles. The number of benzene rings is 1. The first-order valence-corrected chi connectivity index (χ1v) is 7.88. The van der Waals surface area contributed by atoms with Crippen molar-refractivity contribution in [1.29, 1.82) is 0 Å². The van der Waals surface area contributed by atoms with Crippen molar-refractivity contribution >= 4 is 15.9 Å². The Balaban J connectivity index is 2.89. The van der Waals surface area contributed by atoms with Crippen LogP contribution in [0, 0.1) is 11.8 Å². The van der Waals surface area contributed by atoms with Gasteiger partial charge >= 0.3 is 0 Å². The molecular weight excluding hydrogens is 290 g/mol. The van der Waals surface area contributed by atoms with E-state index >= 15 is 0 Å². The van der Waals surface area contributed by atoms with Crippen LogP contribution in [-0.2, 0) is 14.8 Å². The normalized spacial score (nSPS) is 10.9. The number of carbonyl (C=O) groups is 1. The van der Waals surface area contributed by atoms with E-state index in [1.807, 2.05) is 0 Å². The van der Waals surface area contributed by atoms with Gasteiger partial charge in [-0.3, -0.25) is 4.79 Å². The van der Waals surface area contributed by atoms with E-state index in [2.05, 4.69) is 17.2 Å². The van der Waals surface area contributed by atoms with E-state index < -0.39 is 10.0 Å². The first kappa shape index (κ1) is 17.2. The zero-order valence-electron chi connectivity index (χ0n) is 12.1. The van der Waals surface area contributed by atoms with Crippen molar-refractivity contribution in [2.75, 3.05) is 26.7 Å². The molecule has 0 aliphatic carbocycles. The maximum atomic E-state index is 12.3. The number of amides is 1. The molecule has 0 unspecified atom stereocenters. The molecule has 3 N–H and O–H groups in total. The highest BCUT2D eigenvalue weighted by Gasteiger charge is 2.22. The lowest BCUT2D eigenvalue weighted by atomic mass is 10.2. The van der Waals surface area contributed by atoms with E-state index in [1.54, 1.807) is 19.1 Å². The quantitative estimate of drug-likeness (QED) is 0.734. The van der Waals surface area contributed by atoms with Crippen molar-refractivity contribution < 1.29 is 13.2 Å². The lowest BCUT2D eigenvalue weighted by Gasteiger charge is -2.16. The monoisotopic (exact) mass is 309 g/mol. The number of nitrogens with two attached hydrogens (primary N) is 1. The standard InChI is InChI=1S/C14H19N3O3S/c1-3-16-14(18)11-17(2)21(19,20)13-8-6-12(7-9-13)5-4-10-15/h6-9H,3,10-11,15H2,1-2H3,(H,16,18). The highest BCUT2D eigenvalue weighted by molar-refractivity contribution is 7.89. The molecule has 7 heteroatoms. The molecule has 0 radical (unpaired) electrons. The van der Waals surface area contributed by atoms with Crippen molar-refractivity contribution in [2.45, 2.75) is 11.8 Å². The van der Waals surface area contributed by atoms with Gasteiger partial charge in [0.05, 0.1) is 18.0 Å². The second kappa shape index (κ2) is 7.78. The van der Waals surface area contributed by atoms with Gasteiger partial charge < -0.3 is 11.1 Å². The number of nitrogens with zero attached hydrogens (tertiary/aromatic N) is 1. The van der Waals surface area contributed by atoms with Crippen molar-refractivity contribution in [2.24, 2.45) is 5.73 Å². The second-order valence-corrected chi connectivity index (χ2v) is 6.29. The first-order valence-electron chi connectivity index (χ1n) is 6.43. The van der Waals surface area contributed by atoms with Crippen LogP contribution < -0.4 is 11.1 Å². The van der Waals surface area contributed by atoms with Gasteiger partial charge in [0.15, 0.2) is 0 Å². The Morgan fingerprint density at radius 2 is 1.95 bits per heavy atom. The van der Waals surface area contributed by atoms with Gasteiger partial charge in [0, 0.05) is 19.2 Å². The van der Waals surface area contributed by atoms with Crippen LogP contribution in [0.5, 0.6) is 0 Å². The summed E-state index contributed by atoms with van der Waals surface area (Å²) in [7, 11) is -2.32. The summed E-state index contributed by atoms with van der Waals surface area (Å²) in [5.41, 5.74) is 5.96. The molecule has 1 rings (SSSR count). The average Bonchev–Trinajstić information content (AvgIpc) is 2.45. The van der Waals surface area contributed by atoms with Crippen LogP contribution in [0.3, 0.4) is 0 Å². The Morgan fingerprint density at radius 1 is 1.33 bits per heavy atom. The maximum Gasteiger partial charge on any atom is 0.243 e. The lowest BCUT2D eigenvalue weighted by Crippen LogP contribution is -2.38. The van der Waals surface area contributed by atoms with E-state index in [9.17, 15) is 13.2 Å². The summed E-state index contributed by atoms with van der Waals surface area (Å²) in [5.74, 6) is 5.17. The summed E-state index contributed by atoms with van der Waals surface area (Å²) in [4.78, 5) is 11.6. The summed E-state index contributed by atoms with van der Waals surface area (Å²) < 4.78 is 25.6. The molecule has 21 heavy (non-hydrogen) atoms. The smallest absolute Gasteiger partial charge is 0.243 e. The van der Waals surface area contributed by atoms with Gasteiger partial charge in [-0.05, 0) is 31.2 Å². The van der Waals surface area contributed by atoms with Gasteiger partial charge in [0.1, 0.15) is 0 Å². The molecule has 0 fully saturated rings. The number of rotatable bonds is 5. The molecule has 114 valence electrons. The van der Waals surface area contributed by atoms with Crippen LogP contribution in [0.25, 0.3) is 0 Å². The Bertz CT molecular complexity index is 642. The largest absolute Gasteiger partial charge is 0.355 e. The fourth-order valence-corrected chi connectivity index (χ4v) is 2.71. The van der Waals surface area contributed by atoms with Gasteiger partial charge in [0.25, 0.3) is 0 Å². The van der Waals surface area contributed by atoms with E-state index in [4.69, 9.17) is 5.73 Å². The summed E-state index contributed by atoms with van der Waals surface area (Å²) in [6.07, 6.45) is 0. The van der Waals surface area contributed by atoms with Crippen LogP contribution in [0.2, 0.25) is 0 Å². The van der Waals surface area contributed by atoms with Gasteiger partial charge in [0.2, 0.25) is 15.9 Å². The van der Waals surface area contributed by atoms with Gasteiger partial charge in [-0.1, -0.05) is 11.8 Å². The van der Waals surface area contributed by atoms with Gasteiger partial charge in [-0.15, -0.1) is 0 Å². The zero-order valence-corrected chi connectivity index (χ0v) is 12.9. The molecule has 0 saturated carbocycles. The highest BCUT2D eigenvalue weighted by Crippen LogP contribution is 2.14. The summed E-state index contributed by atoms with van der Waals surface area (Å²) in [5, 5.41) is 2.56. The third kappa shape index (κ3) is 4.86. The third-order valence-corrected chi connectivity index (χ3v) is 4.46. The van der Waals surface area contributed by atoms with Crippen LogP contribution in [0.4, 0.5) is 0 Å². The summed E-state index contributed by atoms with van der Waals surface area (Å²) >= 11 is 0. The van der Waals surface area contributed by atoms with Crippen molar-refractivity contribution in [1.82, 2.24) is 9.62 Å². The molecule has 1 aromatic rings. The molecule has 0 spiro atoms. The molecule has 6 nitrogen and oxygen atoms in total. The first-order chi connectivity index (χ1) is 9.91. The zero-order chi connectivity index (χ0) is 15.9. The number of sulfonamides is 1. The predicted molar refractivity (Wildman–Crippen MR) is 80.9 cm³/mol. The molecule has 1 amide bonds. The minimum absolute atomic E-state index is 0.118. The predicted octanol–water partition coefficient (Wildman–Crippen LogP) is -0.247. The third-order valence-electron chi connectivity index (χ3n) is 2.64. The minimum Gasteiger partial charge on any atom is -0.355 e. The van der Waals surface area contributed by atoms with E-state index in [0.717, 1.165) is 4.31 Å². The molecule has 0 heterocycles. The van der Waals surface area contributed by atoms with Gasteiger partial charge in [-0.25, -0.2) is 8.42 Å². The maximum absolute atomic E-state index is 12.3. The Kier molecular flexibility index (Phi) is 6.37. The molecule has 0 atom stereocenters. The molecule has 0 saturated heterocycles. The van der Waals surface area contributed by atoms with Crippen LogP contribution >= 0.6 is 0 Å². The Hall–Kier alpha value is -1.88. The van der Waals surface area contributed by atoms with E-state index in [0.29, 0.717) is 12.1 Å². The molecule has 0 aliphatic rings. The second-order valence-electron chi connectivity index (χ2n) is 4.24. The fourth-order valence-electron chi connectivity index (χ4n) is 1.58. The minimum atomic E-state index is -3.69. The molecule has 0 bridgehead atoms. The number of nitrogens with one attached hydrogen (secondary N) is 1. The van der Waals surface area contributed by atoms with Crippen LogP contribution in [-0.4, -0.2) is 45.3 Å². The number of carbonyl (C=O) groups excluding carboxylic acids is 1. The topological polar surface area (TPSA) is 92.5 Å². The van der Waals surface area contributed by atoms with E-state index in [1.165, 1.54) is 19.2 Å².